The van der Waals surface area contributed by atoms with Gasteiger partial charge in [-0.05, 0) is 0 Å². The van der Waals surface area contributed by atoms with Crippen molar-refractivity contribution < 1.29 is 47.2 Å². The van der Waals surface area contributed by atoms with E-state index in [1.807, 2.05) is 0 Å². The first-order chi connectivity index (χ1) is 6.21. The summed E-state index contributed by atoms with van der Waals surface area (Å²) in [5, 5.41) is 11.1. The first-order valence-corrected chi connectivity index (χ1v) is 7.89. The summed E-state index contributed by atoms with van der Waals surface area (Å²) in [7, 11) is -17.3. The molecule has 11 nitrogen and oxygen atoms in total. The minimum Gasteiger partial charge on any atom is -0.619 e. The van der Waals surface area contributed by atoms with Crippen LogP contribution < -0.4 is 0 Å². The van der Waals surface area contributed by atoms with Gasteiger partial charge in [0.15, 0.2) is 6.29 Å². The van der Waals surface area contributed by atoms with Crippen molar-refractivity contribution in [2.75, 3.05) is 6.29 Å². The van der Waals surface area contributed by atoms with Gasteiger partial charge in [-0.2, -0.15) is 4.19 Å². The molecule has 0 unspecified atom stereocenters. The van der Waals surface area contributed by atoms with E-state index < -0.39 is 33.6 Å². The van der Waals surface area contributed by atoms with Gasteiger partial charge in [0, 0.05) is 51.4 Å². The molecule has 6 N–H and O–H groups in total. The van der Waals surface area contributed by atoms with Gasteiger partial charge in [-0.15, -0.1) is 0 Å². The molecule has 0 heterocycles. The second-order valence-electron chi connectivity index (χ2n) is 2.50. The van der Waals surface area contributed by atoms with E-state index in [0.717, 1.165) is 0 Å². The van der Waals surface area contributed by atoms with Crippen molar-refractivity contribution in [3.63, 3.8) is 0 Å². The molecule has 0 saturated carbocycles. The molecule has 0 aromatic rings. The van der Waals surface area contributed by atoms with Gasteiger partial charge in [0.2, 0.25) is 0 Å². The van der Waals surface area contributed by atoms with Crippen LogP contribution in [0.2, 0.25) is 0 Å². The molecule has 0 spiro atoms. The molecule has 1 radical (unpaired) electrons. The Bertz CT molecular complexity index is 352. The van der Waals surface area contributed by atoms with Gasteiger partial charge < -0.3 is 15.0 Å². The number of hydrogen-bond donors (Lipinski definition) is 6. The van der Waals surface area contributed by atoms with Crippen molar-refractivity contribution in [3.05, 3.63) is 5.21 Å². The van der Waals surface area contributed by atoms with Crippen LogP contribution in [0, 0.1) is 5.21 Å². The van der Waals surface area contributed by atoms with E-state index in [0.29, 0.717) is 0 Å². The number of quaternary nitrogens is 1. The molecule has 0 amide bonds. The van der Waals surface area contributed by atoms with Crippen LogP contribution in [-0.2, 0) is 13.7 Å². The van der Waals surface area contributed by atoms with Crippen molar-refractivity contribution >= 4 is 74.5 Å². The van der Waals surface area contributed by atoms with Crippen LogP contribution in [0.25, 0.3) is 0 Å². The summed E-state index contributed by atoms with van der Waals surface area (Å²) >= 11 is 0. The number of hydroxylamine groups is 1. The second kappa shape index (κ2) is 5.97. The minimum absolute atomic E-state index is 0. The molecule has 15 heteroatoms. The number of rotatable bonds is 4. The quantitative estimate of drug-likeness (QED) is 0.195. The minimum atomic E-state index is -5.98. The van der Waals surface area contributed by atoms with Gasteiger partial charge in [0.1, 0.15) is 0 Å². The summed E-state index contributed by atoms with van der Waals surface area (Å²) in [5.74, 6) is 0. The van der Waals surface area contributed by atoms with Crippen LogP contribution in [0.5, 0.6) is 0 Å². The van der Waals surface area contributed by atoms with Crippen molar-refractivity contribution in [2.24, 2.45) is 0 Å². The van der Waals surface area contributed by atoms with E-state index in [2.05, 4.69) is 0 Å². The van der Waals surface area contributed by atoms with E-state index in [1.54, 1.807) is 0 Å². The van der Waals surface area contributed by atoms with Gasteiger partial charge in [0.05, 0.1) is 0 Å². The summed E-state index contributed by atoms with van der Waals surface area (Å²) in [6.45, 7) is 0. The molecule has 0 aliphatic carbocycles. The largest absolute Gasteiger partial charge is 0.619 e. The SMILES string of the molecule is O=P(O)(O)C[N+]([O-])(P(=O)(O)O)P(=O)(O)O.[K]. The van der Waals surface area contributed by atoms with Crippen LogP contribution >= 0.6 is 23.1 Å². The second-order valence-corrected chi connectivity index (χ2v) is 7.77. The Morgan fingerprint density at radius 3 is 1.19 bits per heavy atom. The summed E-state index contributed by atoms with van der Waals surface area (Å²) < 4.78 is 27.7. The Hall–Kier alpha value is 2.01. The van der Waals surface area contributed by atoms with Gasteiger partial charge in [-0.1, -0.05) is 0 Å². The molecule has 0 aliphatic rings. The summed E-state index contributed by atoms with van der Waals surface area (Å²) in [4.78, 5) is 50.1. The first kappa shape index (κ1) is 20.3. The zero-order valence-corrected chi connectivity index (χ0v) is 13.6. The Kier molecular flexibility index (Phi) is 7.59. The molecular weight excluding hydrogens is 318 g/mol. The van der Waals surface area contributed by atoms with E-state index in [4.69, 9.17) is 29.4 Å². The van der Waals surface area contributed by atoms with Crippen LogP contribution in [-0.4, -0.2) is 91.2 Å². The van der Waals surface area contributed by atoms with Crippen molar-refractivity contribution in [1.82, 2.24) is 0 Å². The fourth-order valence-corrected chi connectivity index (χ4v) is 4.56. The van der Waals surface area contributed by atoms with E-state index >= 15 is 0 Å². The Morgan fingerprint density at radius 2 is 1.12 bits per heavy atom. The van der Waals surface area contributed by atoms with Crippen molar-refractivity contribution in [1.29, 1.82) is 0 Å². The molecule has 16 heavy (non-hydrogen) atoms. The Morgan fingerprint density at radius 1 is 0.875 bits per heavy atom. The van der Waals surface area contributed by atoms with E-state index in [1.165, 1.54) is 0 Å². The third kappa shape index (κ3) is 5.33. The average Bonchev–Trinajstić information content (AvgIpc) is 1.77. The Labute approximate surface area is 132 Å². The first-order valence-electron chi connectivity index (χ1n) is 2.96. The van der Waals surface area contributed by atoms with Gasteiger partial charge >= 0.3 is 23.1 Å². The van der Waals surface area contributed by atoms with E-state index in [9.17, 15) is 18.9 Å². The van der Waals surface area contributed by atoms with Crippen LogP contribution in [0.4, 0.5) is 0 Å². The van der Waals surface area contributed by atoms with Crippen LogP contribution in [0.15, 0.2) is 0 Å². The van der Waals surface area contributed by atoms with E-state index in [-0.39, 0.29) is 51.4 Å². The zero-order chi connectivity index (χ0) is 12.7. The maximum Gasteiger partial charge on any atom is 0.534 e. The van der Waals surface area contributed by atoms with Crippen LogP contribution in [0.3, 0.4) is 0 Å². The van der Waals surface area contributed by atoms with Gasteiger partial charge in [0.25, 0.3) is 0 Å². The molecule has 0 aromatic carbocycles. The number of hydrogen-bond acceptors (Lipinski definition) is 4. The molecule has 0 aliphatic heterocycles. The van der Waals surface area contributed by atoms with Gasteiger partial charge in [-0.25, -0.2) is 9.13 Å². The summed E-state index contributed by atoms with van der Waals surface area (Å²) in [5.41, 5.74) is 0. The fraction of sp³-hybridized carbons (Fsp3) is 1.00. The fourth-order valence-electron chi connectivity index (χ4n) is 0.557. The monoisotopic (exact) mass is 326 g/mol. The van der Waals surface area contributed by atoms with Crippen molar-refractivity contribution in [2.45, 2.75) is 0 Å². The third-order valence-corrected chi connectivity index (χ3v) is 5.71. The normalized spacial score (nSPS) is 14.4. The van der Waals surface area contributed by atoms with Crippen LogP contribution in [0.1, 0.15) is 0 Å². The molecule has 0 rings (SSSR count). The standard InChI is InChI=1S/CH8NO10P3.K/c3-2(14(7,8)9,15(10,11)12)1-13(4,5)6;/h1H2,(H2,4,5,6)(H2,7,8,9)(H2,10,11,12);. The predicted molar refractivity (Wildman–Crippen MR) is 50.4 cm³/mol. The van der Waals surface area contributed by atoms with Gasteiger partial charge in [-0.3, -0.25) is 24.1 Å². The summed E-state index contributed by atoms with van der Waals surface area (Å²) in [6, 6.07) is 0. The molecule has 0 aromatic heterocycles. The topological polar surface area (TPSA) is 196 Å². The molecule has 0 atom stereocenters. The average molecular weight is 326 g/mol. The molecular formula is CH8KNO10P3. The maximum absolute atomic E-state index is 11.1. The third-order valence-electron chi connectivity index (χ3n) is 1.18. The molecule has 0 saturated heterocycles. The van der Waals surface area contributed by atoms with Crippen molar-refractivity contribution in [3.8, 4) is 0 Å². The Balaban J connectivity index is 0. The molecule has 0 fully saturated rings. The maximum atomic E-state index is 11.1. The smallest absolute Gasteiger partial charge is 0.534 e. The predicted octanol–water partition coefficient (Wildman–Crippen LogP) is -1.76. The molecule has 0 bridgehead atoms. The zero-order valence-electron chi connectivity index (χ0n) is 7.81. The number of nitrogens with zero attached hydrogens (tertiary/aromatic N) is 1. The summed E-state index contributed by atoms with van der Waals surface area (Å²) in [6.07, 6.45) is -2.21. The molecule has 93 valence electrons.